The van der Waals surface area contributed by atoms with Gasteiger partial charge in [-0.3, -0.25) is 9.78 Å². The zero-order valence-corrected chi connectivity index (χ0v) is 10.1. The van der Waals surface area contributed by atoms with Crippen molar-refractivity contribution < 1.29 is 4.79 Å². The van der Waals surface area contributed by atoms with E-state index in [1.807, 2.05) is 6.07 Å². The predicted octanol–water partition coefficient (Wildman–Crippen LogP) is 1.63. The second kappa shape index (κ2) is 4.85. The van der Waals surface area contributed by atoms with E-state index in [0.29, 0.717) is 17.1 Å². The fourth-order valence-corrected chi connectivity index (χ4v) is 2.44. The Morgan fingerprint density at radius 2 is 2.47 bits per heavy atom. The van der Waals surface area contributed by atoms with Gasteiger partial charge in [0.15, 0.2) is 0 Å². The predicted molar refractivity (Wildman–Crippen MR) is 69.8 cm³/mol. The summed E-state index contributed by atoms with van der Waals surface area (Å²) >= 11 is 1.34. The summed E-state index contributed by atoms with van der Waals surface area (Å²) in [6, 6.07) is 1.81. The highest BCUT2D eigenvalue weighted by Gasteiger charge is 2.15. The van der Waals surface area contributed by atoms with Crippen LogP contribution in [0.2, 0.25) is 0 Å². The van der Waals surface area contributed by atoms with E-state index in [0.717, 1.165) is 10.1 Å². The number of amides is 1. The first kappa shape index (κ1) is 11.4. The average Bonchev–Trinajstić information content (AvgIpc) is 2.68. The lowest BCUT2D eigenvalue weighted by molar-refractivity contribution is 0.0963. The number of anilines is 1. The molecule has 0 bridgehead atoms. The number of nitrogens with one attached hydrogen (secondary N) is 1. The molecule has 0 saturated heterocycles. The van der Waals surface area contributed by atoms with Crippen LogP contribution in [-0.2, 0) is 0 Å². The number of nitrogen functional groups attached to an aromatic ring is 1. The first-order chi connectivity index (χ1) is 8.24. The number of pyridine rings is 1. The summed E-state index contributed by atoms with van der Waals surface area (Å²) in [6.45, 7) is 2.06. The Morgan fingerprint density at radius 3 is 3.18 bits per heavy atom. The highest BCUT2D eigenvalue weighted by molar-refractivity contribution is 7.21. The number of hydrogen-bond acceptors (Lipinski definition) is 4. The molecule has 0 saturated carbocycles. The second-order valence-electron chi connectivity index (χ2n) is 3.33. The number of fused-ring (bicyclic) bond motifs is 1. The molecule has 0 spiro atoms. The number of thiophene rings is 1. The molecule has 0 aromatic carbocycles. The van der Waals surface area contributed by atoms with Crippen LogP contribution in [0.15, 0.2) is 18.5 Å². The zero-order chi connectivity index (χ0) is 12.3. The summed E-state index contributed by atoms with van der Waals surface area (Å²) in [5.41, 5.74) is 6.44. The maximum absolute atomic E-state index is 11.8. The monoisotopic (exact) mass is 245 g/mol. The summed E-state index contributed by atoms with van der Waals surface area (Å²) < 4.78 is 0.914. The van der Waals surface area contributed by atoms with Crippen LogP contribution < -0.4 is 11.1 Å². The molecule has 17 heavy (non-hydrogen) atoms. The van der Waals surface area contributed by atoms with Gasteiger partial charge < -0.3 is 11.1 Å². The number of aromatic nitrogens is 1. The molecule has 0 fully saturated rings. The summed E-state index contributed by atoms with van der Waals surface area (Å²) in [7, 11) is 0. The molecule has 2 aromatic rings. The fraction of sp³-hybridized carbons (Fsp3) is 0.167. The van der Waals surface area contributed by atoms with Gasteiger partial charge in [-0.1, -0.05) is 5.92 Å². The topological polar surface area (TPSA) is 68.0 Å². The van der Waals surface area contributed by atoms with E-state index in [4.69, 9.17) is 5.73 Å². The summed E-state index contributed by atoms with van der Waals surface area (Å²) in [5, 5.41) is 3.57. The Morgan fingerprint density at radius 1 is 1.65 bits per heavy atom. The first-order valence-corrected chi connectivity index (χ1v) is 5.85. The van der Waals surface area contributed by atoms with Gasteiger partial charge >= 0.3 is 0 Å². The highest BCUT2D eigenvalue weighted by Crippen LogP contribution is 2.32. The molecule has 86 valence electrons. The largest absolute Gasteiger partial charge is 0.397 e. The third-order valence-electron chi connectivity index (χ3n) is 2.25. The molecule has 1 amide bonds. The molecule has 2 aromatic heterocycles. The molecule has 2 heterocycles. The SMILES string of the molecule is CC#CCNC(=O)c1sc2cnccc2c1N. The van der Waals surface area contributed by atoms with Gasteiger partial charge in [0.25, 0.3) is 5.91 Å². The van der Waals surface area contributed by atoms with Crippen LogP contribution in [0.4, 0.5) is 5.69 Å². The maximum atomic E-state index is 11.8. The quantitative estimate of drug-likeness (QED) is 0.790. The van der Waals surface area contributed by atoms with Crippen molar-refractivity contribution in [2.75, 3.05) is 12.3 Å². The van der Waals surface area contributed by atoms with Crippen LogP contribution in [0.25, 0.3) is 10.1 Å². The number of nitrogens with zero attached hydrogens (tertiary/aromatic N) is 1. The molecular formula is C12H11N3OS. The van der Waals surface area contributed by atoms with Crippen molar-refractivity contribution in [3.63, 3.8) is 0 Å². The van der Waals surface area contributed by atoms with Crippen LogP contribution in [0.1, 0.15) is 16.6 Å². The third kappa shape index (κ3) is 2.22. The van der Waals surface area contributed by atoms with E-state index in [9.17, 15) is 4.79 Å². The molecular weight excluding hydrogens is 234 g/mol. The van der Waals surface area contributed by atoms with Gasteiger partial charge in [0.2, 0.25) is 0 Å². The lowest BCUT2D eigenvalue weighted by Crippen LogP contribution is -2.23. The van der Waals surface area contributed by atoms with E-state index in [1.165, 1.54) is 11.3 Å². The molecule has 0 unspecified atom stereocenters. The van der Waals surface area contributed by atoms with E-state index in [-0.39, 0.29) is 5.91 Å². The molecule has 5 heteroatoms. The van der Waals surface area contributed by atoms with E-state index >= 15 is 0 Å². The molecule has 0 aliphatic carbocycles. The molecule has 2 rings (SSSR count). The lowest BCUT2D eigenvalue weighted by Gasteiger charge is -1.99. The standard InChI is InChI=1S/C12H11N3OS/c1-2-3-5-15-12(16)11-10(13)8-4-6-14-7-9(8)17-11/h4,6-7H,5,13H2,1H3,(H,15,16). The molecule has 3 N–H and O–H groups in total. The second-order valence-corrected chi connectivity index (χ2v) is 4.38. The Bertz CT molecular complexity index is 621. The van der Waals surface area contributed by atoms with E-state index in [1.54, 1.807) is 19.3 Å². The van der Waals surface area contributed by atoms with Gasteiger partial charge in [-0.15, -0.1) is 17.3 Å². The van der Waals surface area contributed by atoms with Crippen molar-refractivity contribution in [2.24, 2.45) is 0 Å². The van der Waals surface area contributed by atoms with Crippen LogP contribution >= 0.6 is 11.3 Å². The average molecular weight is 245 g/mol. The Labute approximate surface area is 103 Å². The maximum Gasteiger partial charge on any atom is 0.264 e. The number of carbonyl (C=O) groups excluding carboxylic acids is 1. The van der Waals surface area contributed by atoms with Gasteiger partial charge in [0.1, 0.15) is 4.88 Å². The first-order valence-electron chi connectivity index (χ1n) is 5.04. The van der Waals surface area contributed by atoms with Crippen LogP contribution in [0.3, 0.4) is 0 Å². The lowest BCUT2D eigenvalue weighted by atomic mass is 10.2. The molecule has 0 radical (unpaired) electrons. The van der Waals surface area contributed by atoms with Gasteiger partial charge in [0.05, 0.1) is 16.9 Å². The minimum absolute atomic E-state index is 0.188. The Kier molecular flexibility index (Phi) is 3.26. The highest BCUT2D eigenvalue weighted by atomic mass is 32.1. The van der Waals surface area contributed by atoms with Gasteiger partial charge in [-0.25, -0.2) is 0 Å². The number of carbonyl (C=O) groups is 1. The summed E-state index contributed by atoms with van der Waals surface area (Å²) in [6.07, 6.45) is 3.37. The molecule has 0 aliphatic rings. The number of rotatable bonds is 2. The number of hydrogen-bond donors (Lipinski definition) is 2. The molecule has 0 aliphatic heterocycles. The summed E-state index contributed by atoms with van der Waals surface area (Å²) in [4.78, 5) is 16.4. The minimum atomic E-state index is -0.188. The van der Waals surface area contributed by atoms with Crippen molar-refractivity contribution >= 4 is 33.0 Å². The van der Waals surface area contributed by atoms with Crippen LogP contribution in [0.5, 0.6) is 0 Å². The Balaban J connectivity index is 2.31. The smallest absolute Gasteiger partial charge is 0.264 e. The van der Waals surface area contributed by atoms with Gasteiger partial charge in [0, 0.05) is 17.8 Å². The minimum Gasteiger partial charge on any atom is -0.397 e. The summed E-state index contributed by atoms with van der Waals surface area (Å²) in [5.74, 6) is 5.30. The fourth-order valence-electron chi connectivity index (χ4n) is 1.43. The Hall–Kier alpha value is -2.06. The van der Waals surface area contributed by atoms with Crippen LogP contribution in [-0.4, -0.2) is 17.4 Å². The van der Waals surface area contributed by atoms with Gasteiger partial charge in [-0.05, 0) is 13.0 Å². The van der Waals surface area contributed by atoms with E-state index < -0.39 is 0 Å². The van der Waals surface area contributed by atoms with Crippen molar-refractivity contribution in [2.45, 2.75) is 6.92 Å². The zero-order valence-electron chi connectivity index (χ0n) is 9.28. The van der Waals surface area contributed by atoms with Gasteiger partial charge in [-0.2, -0.15) is 0 Å². The third-order valence-corrected chi connectivity index (χ3v) is 3.41. The molecule has 0 atom stereocenters. The van der Waals surface area contributed by atoms with Crippen molar-refractivity contribution in [1.82, 2.24) is 10.3 Å². The van der Waals surface area contributed by atoms with E-state index in [2.05, 4.69) is 22.1 Å². The number of nitrogens with two attached hydrogens (primary N) is 1. The van der Waals surface area contributed by atoms with Crippen molar-refractivity contribution in [3.05, 3.63) is 23.3 Å². The normalized spacial score (nSPS) is 9.71. The van der Waals surface area contributed by atoms with Crippen molar-refractivity contribution in [3.8, 4) is 11.8 Å². The molecule has 4 nitrogen and oxygen atoms in total. The van der Waals surface area contributed by atoms with Crippen molar-refractivity contribution in [1.29, 1.82) is 0 Å². The van der Waals surface area contributed by atoms with Crippen LogP contribution in [0, 0.1) is 11.8 Å².